The smallest absolute Gasteiger partial charge is 0.264 e. The SMILES string of the molecule is CCCc1ccc(S(=O)(=O)N2CC(C)Oc3ncccc32)cc1. The lowest BCUT2D eigenvalue weighted by molar-refractivity contribution is 0.210. The lowest BCUT2D eigenvalue weighted by Gasteiger charge is -2.33. The summed E-state index contributed by atoms with van der Waals surface area (Å²) in [7, 11) is -3.63. The van der Waals surface area contributed by atoms with Crippen molar-refractivity contribution >= 4 is 15.7 Å². The second kappa shape index (κ2) is 6.20. The van der Waals surface area contributed by atoms with Crippen LogP contribution in [0.3, 0.4) is 0 Å². The average molecular weight is 332 g/mol. The number of pyridine rings is 1. The molecule has 0 saturated carbocycles. The third kappa shape index (κ3) is 3.03. The fourth-order valence-corrected chi connectivity index (χ4v) is 4.23. The number of nitrogens with zero attached hydrogens (tertiary/aromatic N) is 2. The molecule has 1 aromatic heterocycles. The van der Waals surface area contributed by atoms with Gasteiger partial charge in [0.05, 0.1) is 11.4 Å². The van der Waals surface area contributed by atoms with E-state index in [2.05, 4.69) is 11.9 Å². The molecule has 3 rings (SSSR count). The van der Waals surface area contributed by atoms with E-state index in [9.17, 15) is 8.42 Å². The maximum absolute atomic E-state index is 13.0. The topological polar surface area (TPSA) is 59.5 Å². The van der Waals surface area contributed by atoms with Crippen molar-refractivity contribution in [3.8, 4) is 5.88 Å². The van der Waals surface area contributed by atoms with Crippen LogP contribution in [0.15, 0.2) is 47.5 Å². The van der Waals surface area contributed by atoms with E-state index in [1.165, 1.54) is 4.31 Å². The van der Waals surface area contributed by atoms with Crippen LogP contribution in [0.25, 0.3) is 0 Å². The number of sulfonamides is 1. The van der Waals surface area contributed by atoms with Crippen LogP contribution < -0.4 is 9.04 Å². The molecule has 0 bridgehead atoms. The molecule has 0 radical (unpaired) electrons. The van der Waals surface area contributed by atoms with Crippen LogP contribution in [0.5, 0.6) is 5.88 Å². The lowest BCUT2D eigenvalue weighted by atomic mass is 10.1. The molecule has 1 aromatic carbocycles. The molecule has 0 aliphatic carbocycles. The Bertz CT molecular complexity index is 788. The Kier molecular flexibility index (Phi) is 4.26. The Balaban J connectivity index is 1.99. The van der Waals surface area contributed by atoms with Crippen LogP contribution in [-0.4, -0.2) is 26.1 Å². The number of aryl methyl sites for hydroxylation is 1. The van der Waals surface area contributed by atoms with Gasteiger partial charge in [0.2, 0.25) is 5.88 Å². The zero-order valence-electron chi connectivity index (χ0n) is 13.3. The van der Waals surface area contributed by atoms with Gasteiger partial charge < -0.3 is 4.74 Å². The van der Waals surface area contributed by atoms with Gasteiger partial charge in [-0.15, -0.1) is 0 Å². The fourth-order valence-electron chi connectivity index (χ4n) is 2.69. The number of rotatable bonds is 4. The molecule has 1 unspecified atom stereocenters. The first kappa shape index (κ1) is 15.8. The Morgan fingerprint density at radius 3 is 2.70 bits per heavy atom. The summed E-state index contributed by atoms with van der Waals surface area (Å²) in [5, 5.41) is 0. The Hall–Kier alpha value is -2.08. The monoisotopic (exact) mass is 332 g/mol. The largest absolute Gasteiger partial charge is 0.471 e. The molecule has 0 spiro atoms. The maximum Gasteiger partial charge on any atom is 0.264 e. The summed E-state index contributed by atoms with van der Waals surface area (Å²) >= 11 is 0. The number of hydrogen-bond donors (Lipinski definition) is 0. The molecule has 2 aromatic rings. The lowest BCUT2D eigenvalue weighted by Crippen LogP contribution is -2.42. The van der Waals surface area contributed by atoms with Gasteiger partial charge in [0, 0.05) is 6.20 Å². The minimum atomic E-state index is -3.63. The molecule has 2 heterocycles. The molecule has 5 nitrogen and oxygen atoms in total. The maximum atomic E-state index is 13.0. The molecule has 0 amide bonds. The van der Waals surface area contributed by atoms with Crippen molar-refractivity contribution in [2.24, 2.45) is 0 Å². The van der Waals surface area contributed by atoms with E-state index in [0.29, 0.717) is 16.5 Å². The van der Waals surface area contributed by atoms with E-state index in [0.717, 1.165) is 18.4 Å². The third-order valence-corrected chi connectivity index (χ3v) is 5.60. The van der Waals surface area contributed by atoms with Crippen LogP contribution in [0, 0.1) is 0 Å². The number of fused-ring (bicyclic) bond motifs is 1. The molecule has 23 heavy (non-hydrogen) atoms. The molecule has 1 aliphatic rings. The first-order valence-electron chi connectivity index (χ1n) is 7.75. The second-order valence-electron chi connectivity index (χ2n) is 5.69. The molecule has 0 N–H and O–H groups in total. The number of anilines is 1. The van der Waals surface area contributed by atoms with E-state index < -0.39 is 10.0 Å². The predicted octanol–water partition coefficient (Wildman–Crippen LogP) is 3.01. The summed E-state index contributed by atoms with van der Waals surface area (Å²) in [4.78, 5) is 4.43. The van der Waals surface area contributed by atoms with Crippen molar-refractivity contribution in [3.63, 3.8) is 0 Å². The molecule has 122 valence electrons. The van der Waals surface area contributed by atoms with Crippen LogP contribution in [0.4, 0.5) is 5.69 Å². The van der Waals surface area contributed by atoms with Gasteiger partial charge in [-0.3, -0.25) is 4.31 Å². The summed E-state index contributed by atoms with van der Waals surface area (Å²) < 4.78 is 33.0. The minimum absolute atomic E-state index is 0.244. The standard InChI is InChI=1S/C17H20N2O3S/c1-3-5-14-7-9-15(10-8-14)23(20,21)19-12-13(2)22-17-16(19)6-4-11-18-17/h4,6-11,13H,3,5,12H2,1-2H3. The highest BCUT2D eigenvalue weighted by atomic mass is 32.2. The first-order chi connectivity index (χ1) is 11.0. The Labute approximate surface area is 137 Å². The summed E-state index contributed by atoms with van der Waals surface area (Å²) in [6, 6.07) is 10.5. The van der Waals surface area contributed by atoms with Crippen LogP contribution in [0.2, 0.25) is 0 Å². The van der Waals surface area contributed by atoms with E-state index in [-0.39, 0.29) is 12.6 Å². The van der Waals surface area contributed by atoms with Crippen LogP contribution in [-0.2, 0) is 16.4 Å². The van der Waals surface area contributed by atoms with Gasteiger partial charge in [0.25, 0.3) is 10.0 Å². The average Bonchev–Trinajstić information content (AvgIpc) is 2.55. The third-order valence-electron chi connectivity index (χ3n) is 3.81. The van der Waals surface area contributed by atoms with Crippen molar-refractivity contribution in [1.29, 1.82) is 0 Å². The summed E-state index contributed by atoms with van der Waals surface area (Å²) in [5.41, 5.74) is 1.63. The van der Waals surface area contributed by atoms with Crippen molar-refractivity contribution in [2.75, 3.05) is 10.8 Å². The molecule has 0 fully saturated rings. The Morgan fingerprint density at radius 1 is 1.26 bits per heavy atom. The number of aromatic nitrogens is 1. The molecular formula is C17H20N2O3S. The second-order valence-corrected chi connectivity index (χ2v) is 7.55. The van der Waals surface area contributed by atoms with E-state index in [1.54, 1.807) is 30.5 Å². The normalized spacial score (nSPS) is 17.5. The number of benzene rings is 1. The van der Waals surface area contributed by atoms with Crippen molar-refractivity contribution in [2.45, 2.75) is 37.7 Å². The minimum Gasteiger partial charge on any atom is -0.471 e. The summed E-state index contributed by atoms with van der Waals surface area (Å²) in [6.45, 7) is 4.21. The molecule has 6 heteroatoms. The van der Waals surface area contributed by atoms with Crippen LogP contribution >= 0.6 is 0 Å². The quantitative estimate of drug-likeness (QED) is 0.863. The van der Waals surface area contributed by atoms with E-state index in [4.69, 9.17) is 4.74 Å². The van der Waals surface area contributed by atoms with Gasteiger partial charge in [0.1, 0.15) is 11.8 Å². The zero-order valence-corrected chi connectivity index (χ0v) is 14.1. The molecule has 1 aliphatic heterocycles. The first-order valence-corrected chi connectivity index (χ1v) is 9.19. The highest BCUT2D eigenvalue weighted by molar-refractivity contribution is 7.92. The molecule has 0 saturated heterocycles. The van der Waals surface area contributed by atoms with Crippen molar-refractivity contribution < 1.29 is 13.2 Å². The van der Waals surface area contributed by atoms with Gasteiger partial charge in [-0.2, -0.15) is 0 Å². The van der Waals surface area contributed by atoms with Gasteiger partial charge in [-0.05, 0) is 43.2 Å². The molecule has 1 atom stereocenters. The van der Waals surface area contributed by atoms with Crippen LogP contribution in [0.1, 0.15) is 25.8 Å². The summed E-state index contributed by atoms with van der Waals surface area (Å²) in [5.74, 6) is 0.359. The highest BCUT2D eigenvalue weighted by Gasteiger charge is 2.33. The van der Waals surface area contributed by atoms with E-state index >= 15 is 0 Å². The highest BCUT2D eigenvalue weighted by Crippen LogP contribution is 2.34. The zero-order chi connectivity index (χ0) is 16.4. The van der Waals surface area contributed by atoms with Crippen molar-refractivity contribution in [3.05, 3.63) is 48.2 Å². The van der Waals surface area contributed by atoms with Gasteiger partial charge in [0.15, 0.2) is 0 Å². The van der Waals surface area contributed by atoms with Crippen molar-refractivity contribution in [1.82, 2.24) is 4.98 Å². The van der Waals surface area contributed by atoms with Gasteiger partial charge in [-0.1, -0.05) is 25.5 Å². The Morgan fingerprint density at radius 2 is 2.00 bits per heavy atom. The molecular weight excluding hydrogens is 312 g/mol. The van der Waals surface area contributed by atoms with Gasteiger partial charge >= 0.3 is 0 Å². The number of hydrogen-bond acceptors (Lipinski definition) is 4. The summed E-state index contributed by atoms with van der Waals surface area (Å²) in [6.07, 6.45) is 3.33. The number of ether oxygens (including phenoxy) is 1. The van der Waals surface area contributed by atoms with E-state index in [1.807, 2.05) is 19.1 Å². The predicted molar refractivity (Wildman–Crippen MR) is 89.3 cm³/mol. The van der Waals surface area contributed by atoms with Gasteiger partial charge in [-0.25, -0.2) is 13.4 Å². The fraction of sp³-hybridized carbons (Fsp3) is 0.353.